The van der Waals surface area contributed by atoms with Crippen LogP contribution in [0.25, 0.3) is 0 Å². The van der Waals surface area contributed by atoms with Gasteiger partial charge < -0.3 is 14.6 Å². The van der Waals surface area contributed by atoms with Crippen molar-refractivity contribution in [2.24, 2.45) is 0 Å². The fourth-order valence-corrected chi connectivity index (χ4v) is 3.77. The highest BCUT2D eigenvalue weighted by Crippen LogP contribution is 2.24. The number of aromatic nitrogens is 2. The SMILES string of the molecule is CSCc1noc(CCC(=O)OCC(=O)N[C@@H](C)c2ccc3c(c2)CCCC3)n1. The third-order valence-electron chi connectivity index (χ3n) is 4.94. The van der Waals surface area contributed by atoms with Gasteiger partial charge in [-0.05, 0) is 55.6 Å². The molecule has 0 unspecified atom stereocenters. The number of benzene rings is 1. The number of rotatable bonds is 9. The van der Waals surface area contributed by atoms with Crippen molar-refractivity contribution < 1.29 is 18.8 Å². The topological polar surface area (TPSA) is 94.3 Å². The number of amides is 1. The standard InChI is InChI=1S/C21H27N3O4S/c1-14(16-8-7-15-5-3-4-6-17(15)11-16)22-19(25)12-27-21(26)10-9-20-23-18(13-29-2)24-28-20/h7-8,11,14H,3-6,9-10,12-13H2,1-2H3,(H,22,25)/t14-/m0/s1. The minimum Gasteiger partial charge on any atom is -0.456 e. The Labute approximate surface area is 175 Å². The van der Waals surface area contributed by atoms with E-state index in [1.807, 2.05) is 13.2 Å². The molecule has 1 aromatic carbocycles. The van der Waals surface area contributed by atoms with E-state index in [1.54, 1.807) is 11.8 Å². The van der Waals surface area contributed by atoms with Gasteiger partial charge in [0, 0.05) is 6.42 Å². The zero-order chi connectivity index (χ0) is 20.6. The first kappa shape index (κ1) is 21.4. The van der Waals surface area contributed by atoms with Gasteiger partial charge in [0.2, 0.25) is 5.89 Å². The van der Waals surface area contributed by atoms with Crippen molar-refractivity contribution in [3.63, 3.8) is 0 Å². The van der Waals surface area contributed by atoms with Crippen molar-refractivity contribution in [1.82, 2.24) is 15.5 Å². The smallest absolute Gasteiger partial charge is 0.306 e. The van der Waals surface area contributed by atoms with Gasteiger partial charge in [-0.3, -0.25) is 9.59 Å². The molecule has 156 valence electrons. The highest BCUT2D eigenvalue weighted by Gasteiger charge is 2.16. The second kappa shape index (κ2) is 10.4. The maximum atomic E-state index is 12.1. The third kappa shape index (κ3) is 6.32. The predicted molar refractivity (Wildman–Crippen MR) is 110 cm³/mol. The first-order valence-corrected chi connectivity index (χ1v) is 11.3. The number of fused-ring (bicyclic) bond motifs is 1. The van der Waals surface area contributed by atoms with Crippen molar-refractivity contribution in [1.29, 1.82) is 0 Å². The zero-order valence-electron chi connectivity index (χ0n) is 16.9. The Kier molecular flexibility index (Phi) is 7.69. The van der Waals surface area contributed by atoms with Crippen LogP contribution >= 0.6 is 11.8 Å². The maximum Gasteiger partial charge on any atom is 0.306 e. The largest absolute Gasteiger partial charge is 0.456 e. The van der Waals surface area contributed by atoms with Crippen LogP contribution in [0.1, 0.15) is 60.6 Å². The summed E-state index contributed by atoms with van der Waals surface area (Å²) in [6, 6.07) is 6.27. The number of thioether (sulfide) groups is 1. The normalized spacial score (nSPS) is 14.1. The van der Waals surface area contributed by atoms with Gasteiger partial charge in [-0.2, -0.15) is 16.7 Å². The lowest BCUT2D eigenvalue weighted by atomic mass is 9.89. The summed E-state index contributed by atoms with van der Waals surface area (Å²) in [5.41, 5.74) is 3.86. The van der Waals surface area contributed by atoms with Crippen LogP contribution in [0.4, 0.5) is 0 Å². The maximum absolute atomic E-state index is 12.1. The van der Waals surface area contributed by atoms with E-state index in [1.165, 1.54) is 24.0 Å². The first-order chi connectivity index (χ1) is 14.0. The molecule has 8 heteroatoms. The molecule has 1 atom stereocenters. The van der Waals surface area contributed by atoms with Crippen LogP contribution < -0.4 is 5.32 Å². The minimum absolute atomic E-state index is 0.0918. The lowest BCUT2D eigenvalue weighted by Crippen LogP contribution is -2.31. The monoisotopic (exact) mass is 417 g/mol. The summed E-state index contributed by atoms with van der Waals surface area (Å²) >= 11 is 1.59. The molecule has 0 bridgehead atoms. The number of carbonyl (C=O) groups is 2. The van der Waals surface area contributed by atoms with E-state index in [0.717, 1.165) is 18.4 Å². The number of esters is 1. The minimum atomic E-state index is -0.466. The summed E-state index contributed by atoms with van der Waals surface area (Å²) in [4.78, 5) is 28.2. The Morgan fingerprint density at radius 2 is 2.07 bits per heavy atom. The lowest BCUT2D eigenvalue weighted by molar-refractivity contribution is -0.148. The highest BCUT2D eigenvalue weighted by molar-refractivity contribution is 7.97. The zero-order valence-corrected chi connectivity index (χ0v) is 17.7. The molecule has 3 rings (SSSR count). The van der Waals surface area contributed by atoms with Crippen LogP contribution in [0.5, 0.6) is 0 Å². The molecule has 0 saturated heterocycles. The van der Waals surface area contributed by atoms with E-state index in [2.05, 4.69) is 33.7 Å². The van der Waals surface area contributed by atoms with Crippen molar-refractivity contribution >= 4 is 23.6 Å². The average Bonchev–Trinajstić information content (AvgIpc) is 3.18. The van der Waals surface area contributed by atoms with E-state index in [9.17, 15) is 9.59 Å². The van der Waals surface area contributed by atoms with Crippen molar-refractivity contribution in [2.75, 3.05) is 12.9 Å². The molecule has 1 N–H and O–H groups in total. The van der Waals surface area contributed by atoms with Gasteiger partial charge in [0.15, 0.2) is 12.4 Å². The van der Waals surface area contributed by atoms with Crippen molar-refractivity contribution in [3.8, 4) is 0 Å². The number of hydrogen-bond acceptors (Lipinski definition) is 7. The molecule has 0 spiro atoms. The molecule has 1 aliphatic carbocycles. The predicted octanol–water partition coefficient (Wildman–Crippen LogP) is 3.16. The van der Waals surface area contributed by atoms with Crippen LogP contribution in [-0.4, -0.2) is 34.9 Å². The molecule has 0 radical (unpaired) electrons. The fraction of sp³-hybridized carbons (Fsp3) is 0.524. The molecule has 1 aromatic heterocycles. The summed E-state index contributed by atoms with van der Waals surface area (Å²) in [5, 5.41) is 6.71. The van der Waals surface area contributed by atoms with Crippen molar-refractivity contribution in [3.05, 3.63) is 46.6 Å². The van der Waals surface area contributed by atoms with Crippen LogP contribution in [-0.2, 0) is 39.3 Å². The highest BCUT2D eigenvalue weighted by atomic mass is 32.2. The number of ether oxygens (including phenoxy) is 1. The molecule has 0 aliphatic heterocycles. The number of nitrogens with zero attached hydrogens (tertiary/aromatic N) is 2. The Morgan fingerprint density at radius 3 is 2.86 bits per heavy atom. The summed E-state index contributed by atoms with van der Waals surface area (Å²) in [6.45, 7) is 1.64. The van der Waals surface area contributed by atoms with Crippen LogP contribution in [0.15, 0.2) is 22.7 Å². The van der Waals surface area contributed by atoms with Crippen LogP contribution in [0.2, 0.25) is 0 Å². The van der Waals surface area contributed by atoms with E-state index >= 15 is 0 Å². The number of nitrogens with one attached hydrogen (secondary N) is 1. The molecule has 1 heterocycles. The summed E-state index contributed by atoms with van der Waals surface area (Å²) < 4.78 is 10.1. The van der Waals surface area contributed by atoms with Gasteiger partial charge in [0.05, 0.1) is 18.2 Å². The second-order valence-electron chi connectivity index (χ2n) is 7.22. The second-order valence-corrected chi connectivity index (χ2v) is 8.09. The quantitative estimate of drug-likeness (QED) is 0.626. The lowest BCUT2D eigenvalue weighted by Gasteiger charge is -2.20. The van der Waals surface area contributed by atoms with Gasteiger partial charge in [0.25, 0.3) is 5.91 Å². The summed E-state index contributed by atoms with van der Waals surface area (Å²) in [7, 11) is 0. The van der Waals surface area contributed by atoms with Gasteiger partial charge in [0.1, 0.15) is 0 Å². The number of aryl methyl sites for hydroxylation is 3. The molecule has 0 fully saturated rings. The number of carbonyl (C=O) groups excluding carboxylic acids is 2. The Bertz CT molecular complexity index is 852. The Hall–Kier alpha value is -2.35. The molecule has 0 saturated carbocycles. The first-order valence-electron chi connectivity index (χ1n) is 9.92. The Morgan fingerprint density at radius 1 is 1.28 bits per heavy atom. The van der Waals surface area contributed by atoms with Gasteiger partial charge in [-0.1, -0.05) is 23.4 Å². The van der Waals surface area contributed by atoms with E-state index < -0.39 is 5.97 Å². The van der Waals surface area contributed by atoms with E-state index in [0.29, 0.717) is 23.9 Å². The molecular formula is C21H27N3O4S. The van der Waals surface area contributed by atoms with Crippen molar-refractivity contribution in [2.45, 2.75) is 57.2 Å². The van der Waals surface area contributed by atoms with Gasteiger partial charge in [-0.15, -0.1) is 0 Å². The third-order valence-corrected chi connectivity index (χ3v) is 5.49. The average molecular weight is 418 g/mol. The molecular weight excluding hydrogens is 390 g/mol. The molecule has 1 amide bonds. The van der Waals surface area contributed by atoms with Crippen LogP contribution in [0, 0.1) is 0 Å². The van der Waals surface area contributed by atoms with Gasteiger partial charge in [-0.25, -0.2) is 0 Å². The number of hydrogen-bond donors (Lipinski definition) is 1. The van der Waals surface area contributed by atoms with Gasteiger partial charge >= 0.3 is 5.97 Å². The summed E-state index contributed by atoms with van der Waals surface area (Å²) in [5.74, 6) is 0.888. The molecule has 1 aliphatic rings. The van der Waals surface area contributed by atoms with E-state index in [4.69, 9.17) is 9.26 Å². The van der Waals surface area contributed by atoms with E-state index in [-0.39, 0.29) is 25.0 Å². The Balaban J connectivity index is 1.40. The van der Waals surface area contributed by atoms with Crippen LogP contribution in [0.3, 0.4) is 0 Å². The molecule has 2 aromatic rings. The molecule has 7 nitrogen and oxygen atoms in total. The summed E-state index contributed by atoms with van der Waals surface area (Å²) in [6.07, 6.45) is 7.03. The molecule has 29 heavy (non-hydrogen) atoms. The fourth-order valence-electron chi connectivity index (χ4n) is 3.40.